The summed E-state index contributed by atoms with van der Waals surface area (Å²) in [5.74, 6) is 0.159. The van der Waals surface area contributed by atoms with E-state index in [4.69, 9.17) is 4.74 Å². The number of hydrogen-bond acceptors (Lipinski definition) is 2. The molecule has 1 aliphatic heterocycles. The quantitative estimate of drug-likeness (QED) is 0.800. The predicted molar refractivity (Wildman–Crippen MR) is 68.1 cm³/mol. The van der Waals surface area contributed by atoms with Crippen molar-refractivity contribution >= 4 is 11.6 Å². The van der Waals surface area contributed by atoms with Gasteiger partial charge in [-0.05, 0) is 25.0 Å². The number of amides is 1. The van der Waals surface area contributed by atoms with Crippen LogP contribution in [0.4, 0.5) is 5.69 Å². The van der Waals surface area contributed by atoms with E-state index in [0.29, 0.717) is 13.0 Å². The fraction of sp³-hybridized carbons (Fsp3) is 0.500. The molecular weight excluding hydrogens is 214 g/mol. The van der Waals surface area contributed by atoms with E-state index in [0.717, 1.165) is 25.1 Å². The molecule has 1 aromatic rings. The first-order valence-electron chi connectivity index (χ1n) is 6.28. The van der Waals surface area contributed by atoms with Gasteiger partial charge in [-0.15, -0.1) is 0 Å². The minimum absolute atomic E-state index is 0.159. The first-order chi connectivity index (χ1) is 8.31. The molecule has 1 amide bonds. The molecule has 2 rings (SSSR count). The molecule has 3 heteroatoms. The van der Waals surface area contributed by atoms with Gasteiger partial charge in [-0.1, -0.05) is 25.1 Å². The van der Waals surface area contributed by atoms with E-state index >= 15 is 0 Å². The van der Waals surface area contributed by atoms with Crippen LogP contribution in [-0.2, 0) is 9.53 Å². The summed E-state index contributed by atoms with van der Waals surface area (Å²) < 4.78 is 5.61. The van der Waals surface area contributed by atoms with Crippen LogP contribution in [0.1, 0.15) is 26.2 Å². The van der Waals surface area contributed by atoms with Crippen LogP contribution < -0.4 is 4.90 Å². The van der Waals surface area contributed by atoms with Gasteiger partial charge in [0.2, 0.25) is 5.91 Å². The second kappa shape index (κ2) is 5.82. The highest BCUT2D eigenvalue weighted by molar-refractivity contribution is 5.93. The van der Waals surface area contributed by atoms with Crippen LogP contribution in [0.5, 0.6) is 0 Å². The summed E-state index contributed by atoms with van der Waals surface area (Å²) in [5.41, 5.74) is 0.967. The van der Waals surface area contributed by atoms with Gasteiger partial charge in [-0.3, -0.25) is 4.79 Å². The summed E-state index contributed by atoms with van der Waals surface area (Å²) in [4.78, 5) is 13.8. The molecule has 0 aromatic heterocycles. The van der Waals surface area contributed by atoms with Crippen molar-refractivity contribution in [1.29, 1.82) is 0 Å². The van der Waals surface area contributed by atoms with E-state index in [1.165, 1.54) is 0 Å². The fourth-order valence-electron chi connectivity index (χ4n) is 2.14. The lowest BCUT2D eigenvalue weighted by Crippen LogP contribution is -2.37. The minimum Gasteiger partial charge on any atom is -0.376 e. The molecule has 3 nitrogen and oxygen atoms in total. The second-order valence-electron chi connectivity index (χ2n) is 4.33. The van der Waals surface area contributed by atoms with Gasteiger partial charge >= 0.3 is 0 Å². The molecular formula is C14H19NO2. The Hall–Kier alpha value is -1.35. The lowest BCUT2D eigenvalue weighted by atomic mass is 10.2. The fourth-order valence-corrected chi connectivity index (χ4v) is 2.14. The standard InChI is InChI=1S/C14H19NO2/c1-2-14(16)15(11-13-9-6-10-17-13)12-7-4-3-5-8-12/h3-5,7-8,13H,2,6,9-11H2,1H3. The molecule has 1 atom stereocenters. The van der Waals surface area contributed by atoms with E-state index in [1.807, 2.05) is 42.2 Å². The first-order valence-corrected chi connectivity index (χ1v) is 6.28. The summed E-state index contributed by atoms with van der Waals surface area (Å²) >= 11 is 0. The first kappa shape index (κ1) is 12.1. The van der Waals surface area contributed by atoms with Crippen molar-refractivity contribution in [1.82, 2.24) is 0 Å². The number of para-hydroxylation sites is 1. The highest BCUT2D eigenvalue weighted by atomic mass is 16.5. The zero-order valence-corrected chi connectivity index (χ0v) is 10.3. The normalized spacial score (nSPS) is 19.2. The Labute approximate surface area is 102 Å². The van der Waals surface area contributed by atoms with Crippen molar-refractivity contribution in [2.75, 3.05) is 18.1 Å². The number of benzene rings is 1. The average molecular weight is 233 g/mol. The Bertz CT molecular complexity index is 358. The lowest BCUT2D eigenvalue weighted by Gasteiger charge is -2.25. The molecule has 0 saturated carbocycles. The molecule has 17 heavy (non-hydrogen) atoms. The van der Waals surface area contributed by atoms with Gasteiger partial charge in [0, 0.05) is 18.7 Å². The third-order valence-electron chi connectivity index (χ3n) is 3.08. The maximum absolute atomic E-state index is 12.0. The van der Waals surface area contributed by atoms with E-state index < -0.39 is 0 Å². The molecule has 0 N–H and O–H groups in total. The topological polar surface area (TPSA) is 29.5 Å². The molecule has 1 aliphatic rings. The Morgan fingerprint density at radius 3 is 2.76 bits per heavy atom. The third-order valence-corrected chi connectivity index (χ3v) is 3.08. The van der Waals surface area contributed by atoms with E-state index in [1.54, 1.807) is 0 Å². The molecule has 0 aliphatic carbocycles. The molecule has 0 spiro atoms. The molecule has 1 saturated heterocycles. The second-order valence-corrected chi connectivity index (χ2v) is 4.33. The lowest BCUT2D eigenvalue weighted by molar-refractivity contribution is -0.118. The smallest absolute Gasteiger partial charge is 0.226 e. The van der Waals surface area contributed by atoms with Crippen molar-refractivity contribution in [3.63, 3.8) is 0 Å². The largest absolute Gasteiger partial charge is 0.376 e. The van der Waals surface area contributed by atoms with Gasteiger partial charge in [0.15, 0.2) is 0 Å². The van der Waals surface area contributed by atoms with Crippen LogP contribution >= 0.6 is 0 Å². The highest BCUT2D eigenvalue weighted by Crippen LogP contribution is 2.19. The van der Waals surface area contributed by atoms with E-state index in [9.17, 15) is 4.79 Å². The van der Waals surface area contributed by atoms with E-state index in [-0.39, 0.29) is 12.0 Å². The molecule has 1 unspecified atom stereocenters. The number of carbonyl (C=O) groups excluding carboxylic acids is 1. The van der Waals surface area contributed by atoms with Gasteiger partial charge in [0.05, 0.1) is 12.6 Å². The SMILES string of the molecule is CCC(=O)N(CC1CCCO1)c1ccccc1. The molecule has 0 radical (unpaired) electrons. The van der Waals surface area contributed by atoms with Crippen molar-refractivity contribution < 1.29 is 9.53 Å². The van der Waals surface area contributed by atoms with Crippen LogP contribution in [0.25, 0.3) is 0 Å². The average Bonchev–Trinajstić information content (AvgIpc) is 2.89. The molecule has 1 aromatic carbocycles. The maximum atomic E-state index is 12.0. The summed E-state index contributed by atoms with van der Waals surface area (Å²) in [5, 5.41) is 0. The van der Waals surface area contributed by atoms with Crippen LogP contribution in [0.15, 0.2) is 30.3 Å². The molecule has 1 fully saturated rings. The Balaban J connectivity index is 2.10. The van der Waals surface area contributed by atoms with Crippen molar-refractivity contribution in [3.8, 4) is 0 Å². The van der Waals surface area contributed by atoms with Gasteiger partial charge < -0.3 is 9.64 Å². The summed E-state index contributed by atoms with van der Waals surface area (Å²) in [7, 11) is 0. The predicted octanol–water partition coefficient (Wildman–Crippen LogP) is 2.61. The number of rotatable bonds is 4. The third kappa shape index (κ3) is 3.07. The Morgan fingerprint density at radius 2 is 2.18 bits per heavy atom. The summed E-state index contributed by atoms with van der Waals surface area (Å²) in [6.07, 6.45) is 2.89. The van der Waals surface area contributed by atoms with Gasteiger partial charge in [-0.2, -0.15) is 0 Å². The summed E-state index contributed by atoms with van der Waals surface area (Å²) in [6, 6.07) is 9.83. The Morgan fingerprint density at radius 1 is 1.41 bits per heavy atom. The number of anilines is 1. The van der Waals surface area contributed by atoms with Gasteiger partial charge in [-0.25, -0.2) is 0 Å². The number of hydrogen-bond donors (Lipinski definition) is 0. The Kier molecular flexibility index (Phi) is 4.15. The minimum atomic E-state index is 0.159. The zero-order chi connectivity index (χ0) is 12.1. The van der Waals surface area contributed by atoms with Crippen molar-refractivity contribution in [2.24, 2.45) is 0 Å². The summed E-state index contributed by atoms with van der Waals surface area (Å²) in [6.45, 7) is 3.40. The molecule has 0 bridgehead atoms. The number of nitrogens with zero attached hydrogens (tertiary/aromatic N) is 1. The van der Waals surface area contributed by atoms with Crippen molar-refractivity contribution in [2.45, 2.75) is 32.3 Å². The highest BCUT2D eigenvalue weighted by Gasteiger charge is 2.22. The molecule has 1 heterocycles. The zero-order valence-electron chi connectivity index (χ0n) is 10.3. The van der Waals surface area contributed by atoms with Crippen LogP contribution in [0, 0.1) is 0 Å². The van der Waals surface area contributed by atoms with Crippen molar-refractivity contribution in [3.05, 3.63) is 30.3 Å². The number of ether oxygens (including phenoxy) is 1. The maximum Gasteiger partial charge on any atom is 0.226 e. The number of carbonyl (C=O) groups is 1. The monoisotopic (exact) mass is 233 g/mol. The van der Waals surface area contributed by atoms with Gasteiger partial charge in [0.1, 0.15) is 0 Å². The van der Waals surface area contributed by atoms with Gasteiger partial charge in [0.25, 0.3) is 0 Å². The van der Waals surface area contributed by atoms with Crippen LogP contribution in [0.2, 0.25) is 0 Å². The van der Waals surface area contributed by atoms with Crippen LogP contribution in [-0.4, -0.2) is 25.2 Å². The van der Waals surface area contributed by atoms with E-state index in [2.05, 4.69) is 0 Å². The molecule has 92 valence electrons. The van der Waals surface area contributed by atoms with Crippen LogP contribution in [0.3, 0.4) is 0 Å².